The molecule has 1 aromatic heterocycles. The number of hydrogen-bond acceptors (Lipinski definition) is 3. The van der Waals surface area contributed by atoms with E-state index >= 15 is 0 Å². The van der Waals surface area contributed by atoms with Crippen LogP contribution >= 0.6 is 11.3 Å². The molecule has 3 rings (SSSR count). The molecule has 3 nitrogen and oxygen atoms in total. The largest absolute Gasteiger partial charge is 0.330 e. The first-order valence-corrected chi connectivity index (χ1v) is 8.74. The predicted octanol–water partition coefficient (Wildman–Crippen LogP) is 3.06. The second kappa shape index (κ2) is 5.86. The average molecular weight is 292 g/mol. The summed E-state index contributed by atoms with van der Waals surface area (Å²) in [7, 11) is 0. The number of nitrogens with zero attached hydrogens (tertiary/aromatic N) is 1. The number of hydrogen-bond donors (Lipinski definition) is 1. The maximum Gasteiger partial charge on any atom is 0.264 e. The molecule has 1 aliphatic carbocycles. The number of rotatable bonds is 2. The van der Waals surface area contributed by atoms with Crippen molar-refractivity contribution in [2.75, 3.05) is 19.6 Å². The normalized spacial score (nSPS) is 22.1. The van der Waals surface area contributed by atoms with E-state index in [1.54, 1.807) is 11.3 Å². The van der Waals surface area contributed by atoms with Crippen LogP contribution in [0.15, 0.2) is 11.4 Å². The number of carbonyl (C=O) groups excluding carboxylic acids is 1. The Labute approximate surface area is 125 Å². The maximum atomic E-state index is 13.0. The fourth-order valence-corrected chi connectivity index (χ4v) is 4.69. The SMILES string of the molecule is CCc1ccsc1C(=O)N1CCNCC12CCCCC2. The van der Waals surface area contributed by atoms with Crippen molar-refractivity contribution in [1.29, 1.82) is 0 Å². The molecule has 1 amide bonds. The molecule has 2 aliphatic rings. The van der Waals surface area contributed by atoms with Gasteiger partial charge in [-0.05, 0) is 36.3 Å². The van der Waals surface area contributed by atoms with Crippen molar-refractivity contribution in [2.24, 2.45) is 0 Å². The summed E-state index contributed by atoms with van der Waals surface area (Å²) in [4.78, 5) is 16.2. The molecule has 1 N–H and O–H groups in total. The van der Waals surface area contributed by atoms with Gasteiger partial charge in [-0.25, -0.2) is 0 Å². The van der Waals surface area contributed by atoms with E-state index in [9.17, 15) is 4.79 Å². The van der Waals surface area contributed by atoms with E-state index in [-0.39, 0.29) is 11.4 Å². The molecule has 1 saturated heterocycles. The van der Waals surface area contributed by atoms with Crippen molar-refractivity contribution in [3.63, 3.8) is 0 Å². The van der Waals surface area contributed by atoms with E-state index in [1.807, 2.05) is 0 Å². The maximum absolute atomic E-state index is 13.0. The van der Waals surface area contributed by atoms with Crippen LogP contribution in [0.5, 0.6) is 0 Å². The smallest absolute Gasteiger partial charge is 0.264 e. The van der Waals surface area contributed by atoms with E-state index in [2.05, 4.69) is 28.6 Å². The van der Waals surface area contributed by atoms with Crippen molar-refractivity contribution in [1.82, 2.24) is 10.2 Å². The first-order valence-electron chi connectivity index (χ1n) is 7.86. The molecule has 0 aromatic carbocycles. The molecule has 0 bridgehead atoms. The molecule has 1 aromatic rings. The molecule has 4 heteroatoms. The predicted molar refractivity (Wildman–Crippen MR) is 83.4 cm³/mol. The molecule has 0 radical (unpaired) electrons. The van der Waals surface area contributed by atoms with E-state index in [0.29, 0.717) is 0 Å². The molecule has 1 saturated carbocycles. The number of thiophene rings is 1. The van der Waals surface area contributed by atoms with Crippen molar-refractivity contribution < 1.29 is 4.79 Å². The lowest BCUT2D eigenvalue weighted by atomic mass is 9.79. The molecule has 0 unspecified atom stereocenters. The molecule has 2 heterocycles. The van der Waals surface area contributed by atoms with E-state index in [4.69, 9.17) is 0 Å². The van der Waals surface area contributed by atoms with E-state index < -0.39 is 0 Å². The summed E-state index contributed by atoms with van der Waals surface area (Å²) in [5, 5.41) is 5.57. The zero-order valence-electron chi connectivity index (χ0n) is 12.3. The second-order valence-electron chi connectivity index (χ2n) is 6.05. The van der Waals surface area contributed by atoms with Crippen LogP contribution in [0.4, 0.5) is 0 Å². The minimum absolute atomic E-state index is 0.0859. The van der Waals surface area contributed by atoms with Gasteiger partial charge in [0, 0.05) is 19.6 Å². The molecule has 1 spiro atoms. The topological polar surface area (TPSA) is 32.3 Å². The van der Waals surface area contributed by atoms with Crippen LogP contribution in [0.1, 0.15) is 54.3 Å². The summed E-state index contributed by atoms with van der Waals surface area (Å²) in [6.07, 6.45) is 7.12. The van der Waals surface area contributed by atoms with Gasteiger partial charge in [0.15, 0.2) is 0 Å². The number of piperazine rings is 1. The Morgan fingerprint density at radius 3 is 2.95 bits per heavy atom. The summed E-state index contributed by atoms with van der Waals surface area (Å²) >= 11 is 1.61. The van der Waals surface area contributed by atoms with Gasteiger partial charge in [-0.1, -0.05) is 26.2 Å². The van der Waals surface area contributed by atoms with Gasteiger partial charge in [0.25, 0.3) is 5.91 Å². The van der Waals surface area contributed by atoms with Gasteiger partial charge in [-0.2, -0.15) is 0 Å². The number of carbonyl (C=O) groups is 1. The van der Waals surface area contributed by atoms with Gasteiger partial charge in [0.1, 0.15) is 0 Å². The van der Waals surface area contributed by atoms with Gasteiger partial charge < -0.3 is 10.2 Å². The Hall–Kier alpha value is -0.870. The molecule has 0 atom stereocenters. The standard InChI is InChI=1S/C16H24N2OS/c1-2-13-6-11-20-14(13)15(19)18-10-9-17-12-16(18)7-4-3-5-8-16/h6,11,17H,2-5,7-10,12H2,1H3. The van der Waals surface area contributed by atoms with E-state index in [1.165, 1.54) is 37.7 Å². The van der Waals surface area contributed by atoms with Gasteiger partial charge in [-0.15, -0.1) is 11.3 Å². The van der Waals surface area contributed by atoms with Crippen LogP contribution in [-0.2, 0) is 6.42 Å². The number of nitrogens with one attached hydrogen (secondary N) is 1. The second-order valence-corrected chi connectivity index (χ2v) is 6.96. The Kier molecular flexibility index (Phi) is 4.13. The lowest BCUT2D eigenvalue weighted by Gasteiger charge is -2.49. The lowest BCUT2D eigenvalue weighted by Crippen LogP contribution is -2.63. The third-order valence-electron chi connectivity index (χ3n) is 4.89. The van der Waals surface area contributed by atoms with Crippen LogP contribution in [0.2, 0.25) is 0 Å². The highest BCUT2D eigenvalue weighted by atomic mass is 32.1. The Morgan fingerprint density at radius 1 is 1.40 bits per heavy atom. The third-order valence-corrected chi connectivity index (χ3v) is 5.83. The van der Waals surface area contributed by atoms with Gasteiger partial charge in [0.05, 0.1) is 10.4 Å². The zero-order valence-corrected chi connectivity index (χ0v) is 13.1. The Morgan fingerprint density at radius 2 is 2.20 bits per heavy atom. The molecule has 20 heavy (non-hydrogen) atoms. The molecule has 1 aliphatic heterocycles. The van der Waals surface area contributed by atoms with Gasteiger partial charge in [0.2, 0.25) is 0 Å². The third kappa shape index (κ3) is 2.40. The Bertz CT molecular complexity index is 468. The first kappa shape index (κ1) is 14.1. The van der Waals surface area contributed by atoms with Crippen molar-refractivity contribution in [3.05, 3.63) is 21.9 Å². The van der Waals surface area contributed by atoms with Crippen LogP contribution in [0, 0.1) is 0 Å². The lowest BCUT2D eigenvalue weighted by molar-refractivity contribution is 0.0226. The van der Waals surface area contributed by atoms with Gasteiger partial charge in [-0.3, -0.25) is 4.79 Å². The number of aryl methyl sites for hydroxylation is 1. The number of amides is 1. The fraction of sp³-hybridized carbons (Fsp3) is 0.688. The van der Waals surface area contributed by atoms with Crippen LogP contribution in [0.25, 0.3) is 0 Å². The zero-order chi connectivity index (χ0) is 14.0. The summed E-state index contributed by atoms with van der Waals surface area (Å²) in [5.74, 6) is 0.278. The van der Waals surface area contributed by atoms with Crippen LogP contribution in [-0.4, -0.2) is 36.0 Å². The first-order chi connectivity index (χ1) is 9.77. The highest BCUT2D eigenvalue weighted by Gasteiger charge is 2.42. The molecular formula is C16H24N2OS. The van der Waals surface area contributed by atoms with Gasteiger partial charge >= 0.3 is 0 Å². The van der Waals surface area contributed by atoms with Crippen LogP contribution < -0.4 is 5.32 Å². The quantitative estimate of drug-likeness (QED) is 0.908. The summed E-state index contributed by atoms with van der Waals surface area (Å²) in [6, 6.07) is 2.10. The fourth-order valence-electron chi connectivity index (χ4n) is 3.74. The molecule has 110 valence electrons. The molecule has 2 fully saturated rings. The Balaban J connectivity index is 1.88. The highest BCUT2D eigenvalue weighted by Crippen LogP contribution is 2.36. The summed E-state index contributed by atoms with van der Waals surface area (Å²) in [5.41, 5.74) is 1.30. The summed E-state index contributed by atoms with van der Waals surface area (Å²) < 4.78 is 0. The molecular weight excluding hydrogens is 268 g/mol. The highest BCUT2D eigenvalue weighted by molar-refractivity contribution is 7.12. The van der Waals surface area contributed by atoms with Crippen LogP contribution in [0.3, 0.4) is 0 Å². The monoisotopic (exact) mass is 292 g/mol. The summed E-state index contributed by atoms with van der Waals surface area (Å²) in [6.45, 7) is 4.90. The minimum atomic E-state index is 0.0859. The minimum Gasteiger partial charge on any atom is -0.330 e. The van der Waals surface area contributed by atoms with Crippen molar-refractivity contribution >= 4 is 17.2 Å². The van der Waals surface area contributed by atoms with E-state index in [0.717, 1.165) is 30.9 Å². The van der Waals surface area contributed by atoms with Crippen molar-refractivity contribution in [2.45, 2.75) is 51.0 Å². The van der Waals surface area contributed by atoms with Crippen molar-refractivity contribution in [3.8, 4) is 0 Å². The average Bonchev–Trinajstić information content (AvgIpc) is 2.96.